The molecule has 1 aliphatic heterocycles. The molecule has 0 unspecified atom stereocenters. The van der Waals surface area contributed by atoms with Crippen molar-refractivity contribution >= 4 is 21.8 Å². The van der Waals surface area contributed by atoms with Gasteiger partial charge in [-0.15, -0.1) is 0 Å². The Labute approximate surface area is 186 Å². The first-order valence-electron chi connectivity index (χ1n) is 10.1. The van der Waals surface area contributed by atoms with Gasteiger partial charge in [-0.1, -0.05) is 0 Å². The molecule has 1 fully saturated rings. The lowest BCUT2D eigenvalue weighted by Crippen LogP contribution is -2.50. The van der Waals surface area contributed by atoms with Crippen LogP contribution in [-0.2, 0) is 10.0 Å². The van der Waals surface area contributed by atoms with Gasteiger partial charge in [0.2, 0.25) is 10.0 Å². The summed E-state index contributed by atoms with van der Waals surface area (Å²) < 4.78 is 52.9. The third kappa shape index (κ3) is 4.81. The summed E-state index contributed by atoms with van der Waals surface area (Å²) in [5.74, 6) is -2.81. The molecular weight excluding hydrogens is 440 g/mol. The van der Waals surface area contributed by atoms with E-state index >= 15 is 0 Å². The lowest BCUT2D eigenvalue weighted by Gasteiger charge is -2.35. The zero-order chi connectivity index (χ0) is 23.6. The first kappa shape index (κ1) is 23.8. The first-order chi connectivity index (χ1) is 15.0. The van der Waals surface area contributed by atoms with Gasteiger partial charge in [-0.3, -0.25) is 9.59 Å². The van der Waals surface area contributed by atoms with Crippen molar-refractivity contribution in [3.05, 3.63) is 65.2 Å². The summed E-state index contributed by atoms with van der Waals surface area (Å²) in [5, 5.41) is 0. The standard InChI is InChI=1S/C22H25F2N3O4S/c1-15(2)25(3)32(30,31)18-7-4-16(5-8-18)21(28)26-10-12-27(13-11-26)22(29)17-6-9-19(23)20(24)14-17/h4-9,14-15H,10-13H2,1-3H3. The molecule has 2 aromatic rings. The molecule has 32 heavy (non-hydrogen) atoms. The Hall–Kier alpha value is -2.85. The van der Waals surface area contributed by atoms with Crippen LogP contribution >= 0.6 is 0 Å². The summed E-state index contributed by atoms with van der Waals surface area (Å²) in [6.07, 6.45) is 0. The van der Waals surface area contributed by atoms with Crippen molar-refractivity contribution in [2.24, 2.45) is 0 Å². The normalized spacial score (nSPS) is 14.8. The van der Waals surface area contributed by atoms with Crippen LogP contribution in [0.25, 0.3) is 0 Å². The molecule has 1 aliphatic rings. The average molecular weight is 466 g/mol. The van der Waals surface area contributed by atoms with Crippen LogP contribution in [-0.4, -0.2) is 73.6 Å². The Bertz CT molecular complexity index is 1110. The second-order valence-electron chi connectivity index (χ2n) is 7.85. The predicted octanol–water partition coefficient (Wildman–Crippen LogP) is 2.59. The van der Waals surface area contributed by atoms with Gasteiger partial charge in [-0.2, -0.15) is 4.31 Å². The van der Waals surface area contributed by atoms with Crippen LogP contribution in [0.5, 0.6) is 0 Å². The maximum absolute atomic E-state index is 13.4. The van der Waals surface area contributed by atoms with E-state index in [1.54, 1.807) is 18.7 Å². The van der Waals surface area contributed by atoms with Gasteiger partial charge in [0.15, 0.2) is 11.6 Å². The van der Waals surface area contributed by atoms with Crippen LogP contribution in [0, 0.1) is 11.6 Å². The minimum atomic E-state index is -3.64. The van der Waals surface area contributed by atoms with Gasteiger partial charge >= 0.3 is 0 Å². The van der Waals surface area contributed by atoms with E-state index < -0.39 is 27.6 Å². The lowest BCUT2D eigenvalue weighted by molar-refractivity contribution is 0.0535. The number of carbonyl (C=O) groups is 2. The Morgan fingerprint density at radius 2 is 1.31 bits per heavy atom. The fourth-order valence-corrected chi connectivity index (χ4v) is 4.69. The molecule has 1 saturated heterocycles. The highest BCUT2D eigenvalue weighted by molar-refractivity contribution is 7.89. The highest BCUT2D eigenvalue weighted by atomic mass is 32.2. The van der Waals surface area contributed by atoms with Gasteiger partial charge < -0.3 is 9.80 Å². The summed E-state index contributed by atoms with van der Waals surface area (Å²) in [6, 6.07) is 8.56. The van der Waals surface area contributed by atoms with Crippen molar-refractivity contribution in [1.82, 2.24) is 14.1 Å². The van der Waals surface area contributed by atoms with Crippen LogP contribution in [0.15, 0.2) is 47.4 Å². The summed E-state index contributed by atoms with van der Waals surface area (Å²) in [7, 11) is -2.14. The zero-order valence-electron chi connectivity index (χ0n) is 18.1. The fourth-order valence-electron chi connectivity index (χ4n) is 3.32. The Balaban J connectivity index is 1.64. The summed E-state index contributed by atoms with van der Waals surface area (Å²) >= 11 is 0. The second kappa shape index (κ2) is 9.33. The number of rotatable bonds is 5. The van der Waals surface area contributed by atoms with Crippen molar-refractivity contribution < 1.29 is 26.8 Å². The number of nitrogens with zero attached hydrogens (tertiary/aromatic N) is 3. The number of halogens is 2. The van der Waals surface area contributed by atoms with Crippen molar-refractivity contribution in [2.75, 3.05) is 33.2 Å². The number of amides is 2. The van der Waals surface area contributed by atoms with Gasteiger partial charge in [-0.25, -0.2) is 17.2 Å². The van der Waals surface area contributed by atoms with Gasteiger partial charge in [0, 0.05) is 50.4 Å². The average Bonchev–Trinajstić information content (AvgIpc) is 2.79. The molecule has 0 N–H and O–H groups in total. The van der Waals surface area contributed by atoms with Gasteiger partial charge in [0.05, 0.1) is 4.90 Å². The number of hydrogen-bond acceptors (Lipinski definition) is 4. The zero-order valence-corrected chi connectivity index (χ0v) is 18.9. The molecule has 172 valence electrons. The Morgan fingerprint density at radius 3 is 1.78 bits per heavy atom. The Kier molecular flexibility index (Phi) is 6.94. The summed E-state index contributed by atoms with van der Waals surface area (Å²) in [6.45, 7) is 4.57. The molecule has 0 aromatic heterocycles. The van der Waals surface area contributed by atoms with E-state index in [4.69, 9.17) is 0 Å². The molecule has 2 aromatic carbocycles. The minimum Gasteiger partial charge on any atom is -0.335 e. The molecule has 1 heterocycles. The fraction of sp³-hybridized carbons (Fsp3) is 0.364. The topological polar surface area (TPSA) is 78.0 Å². The van der Waals surface area contributed by atoms with E-state index in [-0.39, 0.29) is 48.6 Å². The molecule has 0 radical (unpaired) electrons. The molecule has 0 bridgehead atoms. The number of carbonyl (C=O) groups excluding carboxylic acids is 2. The van der Waals surface area contributed by atoms with Crippen LogP contribution in [0.3, 0.4) is 0 Å². The minimum absolute atomic E-state index is 0.0480. The maximum Gasteiger partial charge on any atom is 0.254 e. The summed E-state index contributed by atoms with van der Waals surface area (Å²) in [5.41, 5.74) is 0.392. The van der Waals surface area contributed by atoms with E-state index in [0.29, 0.717) is 5.56 Å². The molecule has 2 amide bonds. The van der Waals surface area contributed by atoms with Crippen LogP contribution in [0.1, 0.15) is 34.6 Å². The van der Waals surface area contributed by atoms with Crippen molar-refractivity contribution in [2.45, 2.75) is 24.8 Å². The number of benzene rings is 2. The number of piperazine rings is 1. The van der Waals surface area contributed by atoms with Gasteiger partial charge in [0.1, 0.15) is 0 Å². The van der Waals surface area contributed by atoms with Crippen molar-refractivity contribution in [3.8, 4) is 0 Å². The molecule has 7 nitrogen and oxygen atoms in total. The van der Waals surface area contributed by atoms with Crippen molar-refractivity contribution in [3.63, 3.8) is 0 Å². The van der Waals surface area contributed by atoms with Crippen molar-refractivity contribution in [1.29, 1.82) is 0 Å². The van der Waals surface area contributed by atoms with E-state index in [9.17, 15) is 26.8 Å². The first-order valence-corrected chi connectivity index (χ1v) is 11.6. The second-order valence-corrected chi connectivity index (χ2v) is 9.85. The molecule has 0 aliphatic carbocycles. The molecular formula is C22H25F2N3O4S. The third-order valence-electron chi connectivity index (χ3n) is 5.53. The molecule has 0 spiro atoms. The number of hydrogen-bond donors (Lipinski definition) is 0. The third-order valence-corrected chi connectivity index (χ3v) is 7.57. The smallest absolute Gasteiger partial charge is 0.254 e. The van der Waals surface area contributed by atoms with E-state index in [0.717, 1.165) is 12.1 Å². The predicted molar refractivity (Wildman–Crippen MR) is 115 cm³/mol. The van der Waals surface area contributed by atoms with Crippen LogP contribution in [0.2, 0.25) is 0 Å². The van der Waals surface area contributed by atoms with E-state index in [1.165, 1.54) is 46.6 Å². The quantitative estimate of drug-likeness (QED) is 0.680. The lowest BCUT2D eigenvalue weighted by atomic mass is 10.1. The molecule has 10 heteroatoms. The van der Waals surface area contributed by atoms with Crippen LogP contribution < -0.4 is 0 Å². The Morgan fingerprint density at radius 1 is 0.844 bits per heavy atom. The SMILES string of the molecule is CC(C)N(C)S(=O)(=O)c1ccc(C(=O)N2CCN(C(=O)c3ccc(F)c(F)c3)CC2)cc1. The van der Waals surface area contributed by atoms with Gasteiger partial charge in [0.25, 0.3) is 11.8 Å². The highest BCUT2D eigenvalue weighted by Crippen LogP contribution is 2.19. The van der Waals surface area contributed by atoms with E-state index in [1.807, 2.05) is 0 Å². The highest BCUT2D eigenvalue weighted by Gasteiger charge is 2.27. The molecule has 3 rings (SSSR count). The maximum atomic E-state index is 13.4. The number of sulfonamides is 1. The molecule has 0 atom stereocenters. The molecule has 0 saturated carbocycles. The van der Waals surface area contributed by atoms with E-state index in [2.05, 4.69) is 0 Å². The largest absolute Gasteiger partial charge is 0.335 e. The van der Waals surface area contributed by atoms with Gasteiger partial charge in [-0.05, 0) is 56.3 Å². The monoisotopic (exact) mass is 465 g/mol. The van der Waals surface area contributed by atoms with Crippen LogP contribution in [0.4, 0.5) is 8.78 Å². The summed E-state index contributed by atoms with van der Waals surface area (Å²) in [4.78, 5) is 28.5.